The molecule has 5 N–H and O–H groups in total. The molecule has 0 heterocycles. The van der Waals surface area contributed by atoms with Crippen molar-refractivity contribution >= 4 is 5.91 Å². The maximum absolute atomic E-state index is 10.1. The lowest BCUT2D eigenvalue weighted by molar-refractivity contribution is -0.119. The third-order valence-electron chi connectivity index (χ3n) is 0.806. The predicted octanol–water partition coefficient (Wildman–Crippen LogP) is -1.82. The third kappa shape index (κ3) is 2.54. The van der Waals surface area contributed by atoms with Gasteiger partial charge in [0.05, 0.1) is 6.04 Å². The van der Waals surface area contributed by atoms with Crippen molar-refractivity contribution in [3.63, 3.8) is 0 Å². The summed E-state index contributed by atoms with van der Waals surface area (Å²) in [6.45, 7) is -0.0931. The molecule has 0 saturated carbocycles. The van der Waals surface area contributed by atoms with Crippen LogP contribution >= 0.6 is 0 Å². The van der Waals surface area contributed by atoms with E-state index in [1.165, 1.54) is 0 Å². The lowest BCUT2D eigenvalue weighted by Gasteiger charge is -2.01. The average molecular weight is 118 g/mol. The first kappa shape index (κ1) is 7.39. The van der Waals surface area contributed by atoms with Gasteiger partial charge in [-0.1, -0.05) is 0 Å². The molecule has 0 fully saturated rings. The summed E-state index contributed by atoms with van der Waals surface area (Å²) in [6, 6.07) is -0.694. The zero-order valence-corrected chi connectivity index (χ0v) is 4.50. The Morgan fingerprint density at radius 1 is 1.75 bits per heavy atom. The summed E-state index contributed by atoms with van der Waals surface area (Å²) in [5.74, 6) is -0.570. The summed E-state index contributed by atoms with van der Waals surface area (Å²) in [7, 11) is 0. The largest absolute Gasteiger partial charge is 0.396 e. The maximum Gasteiger partial charge on any atom is 0.234 e. The van der Waals surface area contributed by atoms with Crippen molar-refractivity contribution in [1.29, 1.82) is 0 Å². The molecule has 0 aliphatic rings. The molecule has 1 amide bonds. The van der Waals surface area contributed by atoms with E-state index >= 15 is 0 Å². The molecule has 4 nitrogen and oxygen atoms in total. The standard InChI is InChI=1S/C4H10N2O2/c5-3(1-2-7)4(6)8/h3,7H,1-2,5H2,(H2,6,8)/t3-/m0/s1. The highest BCUT2D eigenvalue weighted by Crippen LogP contribution is 1.81. The number of hydrogen-bond donors (Lipinski definition) is 3. The minimum atomic E-state index is -0.694. The molecule has 0 radical (unpaired) electrons. The zero-order valence-electron chi connectivity index (χ0n) is 4.50. The Hall–Kier alpha value is -0.610. The summed E-state index contributed by atoms with van der Waals surface area (Å²) in [5, 5.41) is 8.20. The van der Waals surface area contributed by atoms with Gasteiger partial charge in [-0.05, 0) is 6.42 Å². The first-order valence-corrected chi connectivity index (χ1v) is 2.34. The van der Waals surface area contributed by atoms with E-state index in [0.29, 0.717) is 0 Å². The number of aliphatic hydroxyl groups excluding tert-OH is 1. The average Bonchev–Trinajstić information content (AvgIpc) is 1.67. The SMILES string of the molecule is NC(=O)[C@@H](N)CCO. The van der Waals surface area contributed by atoms with E-state index in [4.69, 9.17) is 16.6 Å². The van der Waals surface area contributed by atoms with Crippen LogP contribution in [0.1, 0.15) is 6.42 Å². The van der Waals surface area contributed by atoms with Crippen LogP contribution in [-0.2, 0) is 4.79 Å². The Labute approximate surface area is 47.5 Å². The molecule has 48 valence electrons. The summed E-state index contributed by atoms with van der Waals surface area (Å²) in [6.07, 6.45) is 0.245. The summed E-state index contributed by atoms with van der Waals surface area (Å²) in [5.41, 5.74) is 9.84. The van der Waals surface area contributed by atoms with Crippen LogP contribution in [0, 0.1) is 0 Å². The van der Waals surface area contributed by atoms with Gasteiger partial charge in [-0.3, -0.25) is 4.79 Å². The van der Waals surface area contributed by atoms with E-state index < -0.39 is 11.9 Å². The highest BCUT2D eigenvalue weighted by atomic mass is 16.3. The summed E-state index contributed by atoms with van der Waals surface area (Å²) in [4.78, 5) is 10.1. The highest BCUT2D eigenvalue weighted by Gasteiger charge is 2.05. The van der Waals surface area contributed by atoms with Crippen LogP contribution in [0.2, 0.25) is 0 Å². The fraction of sp³-hybridized carbons (Fsp3) is 0.750. The molecule has 0 unspecified atom stereocenters. The molecule has 0 saturated heterocycles. The van der Waals surface area contributed by atoms with Crippen LogP contribution in [0.3, 0.4) is 0 Å². The Morgan fingerprint density at radius 2 is 2.25 bits per heavy atom. The fourth-order valence-corrected chi connectivity index (χ4v) is 0.281. The molecule has 1 atom stereocenters. The van der Waals surface area contributed by atoms with Crippen LogP contribution in [0.15, 0.2) is 0 Å². The molecule has 0 aliphatic heterocycles. The molecular formula is C4H10N2O2. The maximum atomic E-state index is 10.1. The van der Waals surface area contributed by atoms with Gasteiger partial charge < -0.3 is 16.6 Å². The van der Waals surface area contributed by atoms with Crippen molar-refractivity contribution in [2.24, 2.45) is 11.5 Å². The Morgan fingerprint density at radius 3 is 2.38 bits per heavy atom. The van der Waals surface area contributed by atoms with Gasteiger partial charge in [0.15, 0.2) is 0 Å². The molecule has 0 aromatic rings. The van der Waals surface area contributed by atoms with E-state index in [9.17, 15) is 4.79 Å². The number of nitrogens with two attached hydrogens (primary N) is 2. The van der Waals surface area contributed by atoms with E-state index in [-0.39, 0.29) is 13.0 Å². The summed E-state index contributed by atoms with van der Waals surface area (Å²) < 4.78 is 0. The molecular weight excluding hydrogens is 108 g/mol. The number of carbonyl (C=O) groups excluding carboxylic acids is 1. The molecule has 0 spiro atoms. The lowest BCUT2D eigenvalue weighted by atomic mass is 10.2. The number of carbonyl (C=O) groups is 1. The Balaban J connectivity index is 3.32. The van der Waals surface area contributed by atoms with Gasteiger partial charge in [0.1, 0.15) is 0 Å². The van der Waals surface area contributed by atoms with E-state index in [1.807, 2.05) is 0 Å². The van der Waals surface area contributed by atoms with Gasteiger partial charge in [0.25, 0.3) is 0 Å². The monoisotopic (exact) mass is 118 g/mol. The topological polar surface area (TPSA) is 89.3 Å². The van der Waals surface area contributed by atoms with Gasteiger partial charge in [0, 0.05) is 6.61 Å². The minimum absolute atomic E-state index is 0.0931. The quantitative estimate of drug-likeness (QED) is 0.407. The molecule has 0 rings (SSSR count). The first-order chi connectivity index (χ1) is 3.68. The molecule has 0 aliphatic carbocycles. The van der Waals surface area contributed by atoms with E-state index in [0.717, 1.165) is 0 Å². The second-order valence-corrected chi connectivity index (χ2v) is 1.52. The van der Waals surface area contributed by atoms with Crippen LogP contribution in [0.5, 0.6) is 0 Å². The van der Waals surface area contributed by atoms with Crippen molar-refractivity contribution in [1.82, 2.24) is 0 Å². The van der Waals surface area contributed by atoms with Gasteiger partial charge in [-0.2, -0.15) is 0 Å². The second kappa shape index (κ2) is 3.40. The smallest absolute Gasteiger partial charge is 0.234 e. The van der Waals surface area contributed by atoms with Crippen LogP contribution < -0.4 is 11.5 Å². The highest BCUT2D eigenvalue weighted by molar-refractivity contribution is 5.79. The number of amides is 1. The van der Waals surface area contributed by atoms with E-state index in [1.54, 1.807) is 0 Å². The molecule has 0 aromatic heterocycles. The minimum Gasteiger partial charge on any atom is -0.396 e. The van der Waals surface area contributed by atoms with Crippen molar-refractivity contribution in [2.45, 2.75) is 12.5 Å². The van der Waals surface area contributed by atoms with Gasteiger partial charge in [0.2, 0.25) is 5.91 Å². The summed E-state index contributed by atoms with van der Waals surface area (Å²) >= 11 is 0. The second-order valence-electron chi connectivity index (χ2n) is 1.52. The number of primary amides is 1. The van der Waals surface area contributed by atoms with Crippen molar-refractivity contribution in [3.05, 3.63) is 0 Å². The van der Waals surface area contributed by atoms with E-state index in [2.05, 4.69) is 0 Å². The Bertz CT molecular complexity index is 84.1. The van der Waals surface area contributed by atoms with Crippen LogP contribution in [0.25, 0.3) is 0 Å². The van der Waals surface area contributed by atoms with Gasteiger partial charge in [-0.25, -0.2) is 0 Å². The van der Waals surface area contributed by atoms with Crippen molar-refractivity contribution < 1.29 is 9.90 Å². The number of hydrogen-bond acceptors (Lipinski definition) is 3. The molecule has 0 aromatic carbocycles. The van der Waals surface area contributed by atoms with Crippen LogP contribution in [-0.4, -0.2) is 23.7 Å². The normalized spacial score (nSPS) is 13.2. The van der Waals surface area contributed by atoms with Gasteiger partial charge >= 0.3 is 0 Å². The molecule has 0 bridgehead atoms. The van der Waals surface area contributed by atoms with Crippen LogP contribution in [0.4, 0.5) is 0 Å². The van der Waals surface area contributed by atoms with Crippen molar-refractivity contribution in [3.8, 4) is 0 Å². The zero-order chi connectivity index (χ0) is 6.57. The third-order valence-corrected chi connectivity index (χ3v) is 0.806. The molecule has 8 heavy (non-hydrogen) atoms. The molecule has 4 heteroatoms. The van der Waals surface area contributed by atoms with Gasteiger partial charge in [-0.15, -0.1) is 0 Å². The number of rotatable bonds is 3. The Kier molecular flexibility index (Phi) is 3.14. The fourth-order valence-electron chi connectivity index (χ4n) is 0.281. The first-order valence-electron chi connectivity index (χ1n) is 2.34. The lowest BCUT2D eigenvalue weighted by Crippen LogP contribution is -2.36. The number of aliphatic hydroxyl groups is 1. The van der Waals surface area contributed by atoms with Crippen molar-refractivity contribution in [2.75, 3.05) is 6.61 Å². The predicted molar refractivity (Wildman–Crippen MR) is 28.9 cm³/mol.